The summed E-state index contributed by atoms with van der Waals surface area (Å²) in [6, 6.07) is 1.56. The average molecular weight is 266 g/mol. The number of nitrogen functional groups attached to an aromatic ring is 1. The van der Waals surface area contributed by atoms with Crippen LogP contribution >= 0.6 is 11.3 Å². The van der Waals surface area contributed by atoms with Crippen molar-refractivity contribution in [3.05, 3.63) is 27.6 Å². The first-order valence-corrected chi connectivity index (χ1v) is 6.28. The minimum atomic E-state index is -0.165. The predicted octanol–water partition coefficient (Wildman–Crippen LogP) is 0.181. The number of anilines is 2. The Morgan fingerprint density at radius 3 is 2.83 bits per heavy atom. The second-order valence-electron chi connectivity index (χ2n) is 3.76. The topological polar surface area (TPSA) is 89.9 Å². The first kappa shape index (κ1) is 12.5. The van der Waals surface area contributed by atoms with Gasteiger partial charge in [0, 0.05) is 19.7 Å². The fourth-order valence-corrected chi connectivity index (χ4v) is 1.98. The minimum Gasteiger partial charge on any atom is -0.374 e. The molecule has 0 aromatic carbocycles. The fraction of sp³-hybridized carbons (Fsp3) is 0.400. The van der Waals surface area contributed by atoms with Crippen LogP contribution in [-0.2, 0) is 6.54 Å². The molecule has 18 heavy (non-hydrogen) atoms. The maximum atomic E-state index is 11.9. The van der Waals surface area contributed by atoms with Crippen LogP contribution in [0.2, 0.25) is 0 Å². The molecule has 2 aromatic rings. The number of rotatable bonds is 4. The summed E-state index contributed by atoms with van der Waals surface area (Å²) >= 11 is 1.25. The largest absolute Gasteiger partial charge is 0.374 e. The van der Waals surface area contributed by atoms with Crippen LogP contribution in [-0.4, -0.2) is 33.6 Å². The van der Waals surface area contributed by atoms with Crippen LogP contribution in [0.3, 0.4) is 0 Å². The first-order valence-electron chi connectivity index (χ1n) is 5.46. The Labute approximate surface area is 108 Å². The van der Waals surface area contributed by atoms with Crippen molar-refractivity contribution in [3.8, 4) is 0 Å². The summed E-state index contributed by atoms with van der Waals surface area (Å²) < 4.78 is 1.34. The number of aromatic nitrogens is 4. The van der Waals surface area contributed by atoms with Crippen molar-refractivity contribution < 1.29 is 0 Å². The van der Waals surface area contributed by atoms with Gasteiger partial charge in [0.15, 0.2) is 0 Å². The molecule has 0 spiro atoms. The molecule has 2 rings (SSSR count). The lowest BCUT2D eigenvalue weighted by Crippen LogP contribution is -2.25. The maximum Gasteiger partial charge on any atom is 0.269 e. The molecule has 2 heterocycles. The molecule has 2 aromatic heterocycles. The van der Waals surface area contributed by atoms with Gasteiger partial charge in [-0.2, -0.15) is 5.10 Å². The van der Waals surface area contributed by atoms with Crippen molar-refractivity contribution in [1.82, 2.24) is 20.0 Å². The number of nitrogens with zero attached hydrogens (tertiary/aromatic N) is 5. The molecular weight excluding hydrogens is 252 g/mol. The lowest BCUT2D eigenvalue weighted by Gasteiger charge is -2.15. The highest BCUT2D eigenvalue weighted by atomic mass is 32.1. The Morgan fingerprint density at radius 1 is 1.50 bits per heavy atom. The molecule has 0 radical (unpaired) electrons. The molecule has 7 nitrogen and oxygen atoms in total. The highest BCUT2D eigenvalue weighted by molar-refractivity contribution is 7.15. The molecule has 0 saturated carbocycles. The van der Waals surface area contributed by atoms with Gasteiger partial charge < -0.3 is 10.6 Å². The summed E-state index contributed by atoms with van der Waals surface area (Å²) in [6.45, 7) is 3.12. The molecule has 0 saturated heterocycles. The van der Waals surface area contributed by atoms with Gasteiger partial charge in [-0.25, -0.2) is 4.68 Å². The Hall–Kier alpha value is -1.96. The molecule has 0 aliphatic carbocycles. The van der Waals surface area contributed by atoms with Crippen molar-refractivity contribution in [2.24, 2.45) is 0 Å². The highest BCUT2D eigenvalue weighted by Crippen LogP contribution is 2.12. The molecule has 0 aliphatic rings. The molecule has 2 N–H and O–H groups in total. The van der Waals surface area contributed by atoms with Crippen LogP contribution < -0.4 is 16.2 Å². The quantitative estimate of drug-likeness (QED) is 0.849. The van der Waals surface area contributed by atoms with Crippen LogP contribution in [0.1, 0.15) is 11.9 Å². The van der Waals surface area contributed by atoms with Gasteiger partial charge in [-0.05, 0) is 6.92 Å². The molecule has 8 heteroatoms. The van der Waals surface area contributed by atoms with Crippen molar-refractivity contribution in [1.29, 1.82) is 0 Å². The van der Waals surface area contributed by atoms with E-state index >= 15 is 0 Å². The minimum absolute atomic E-state index is 0.165. The standard InChI is InChI=1S/C10H14N6OS/c1-3-15(2)7-4-9(17)16(12-5-7)6-8-13-14-10(11)18-8/h4-5H,3,6H2,1-2H3,(H2,11,14). The summed E-state index contributed by atoms with van der Waals surface area (Å²) in [4.78, 5) is 13.8. The van der Waals surface area contributed by atoms with E-state index < -0.39 is 0 Å². The SMILES string of the molecule is CCN(C)c1cnn(Cc2nnc(N)s2)c(=O)c1. The first-order chi connectivity index (χ1) is 8.60. The predicted molar refractivity (Wildman–Crippen MR) is 70.9 cm³/mol. The van der Waals surface area contributed by atoms with Gasteiger partial charge in [0.05, 0.1) is 18.4 Å². The van der Waals surface area contributed by atoms with E-state index in [0.29, 0.717) is 16.7 Å². The van der Waals surface area contributed by atoms with E-state index in [1.165, 1.54) is 16.0 Å². The second-order valence-corrected chi connectivity index (χ2v) is 4.85. The monoisotopic (exact) mass is 266 g/mol. The van der Waals surface area contributed by atoms with Crippen molar-refractivity contribution in [3.63, 3.8) is 0 Å². The van der Waals surface area contributed by atoms with Crippen LogP contribution in [0, 0.1) is 0 Å². The lowest BCUT2D eigenvalue weighted by atomic mass is 10.4. The van der Waals surface area contributed by atoms with Gasteiger partial charge in [-0.3, -0.25) is 4.79 Å². The van der Waals surface area contributed by atoms with Crippen LogP contribution in [0.4, 0.5) is 10.8 Å². The molecule has 0 aliphatic heterocycles. The fourth-order valence-electron chi connectivity index (χ4n) is 1.39. The molecule has 0 atom stereocenters. The second kappa shape index (κ2) is 5.13. The lowest BCUT2D eigenvalue weighted by molar-refractivity contribution is 0.631. The van der Waals surface area contributed by atoms with E-state index in [2.05, 4.69) is 15.3 Å². The van der Waals surface area contributed by atoms with E-state index in [1.54, 1.807) is 12.3 Å². The Morgan fingerprint density at radius 2 is 2.28 bits per heavy atom. The van der Waals surface area contributed by atoms with Gasteiger partial charge in [0.1, 0.15) is 5.01 Å². The summed E-state index contributed by atoms with van der Waals surface area (Å²) in [5, 5.41) is 12.7. The molecule has 0 fully saturated rings. The van der Waals surface area contributed by atoms with Crippen LogP contribution in [0.25, 0.3) is 0 Å². The summed E-state index contributed by atoms with van der Waals surface area (Å²) in [7, 11) is 1.91. The molecule has 0 bridgehead atoms. The molecule has 0 amide bonds. The Balaban J connectivity index is 2.22. The van der Waals surface area contributed by atoms with E-state index in [0.717, 1.165) is 12.2 Å². The Kier molecular flexibility index (Phi) is 3.56. The third-order valence-electron chi connectivity index (χ3n) is 2.54. The zero-order valence-corrected chi connectivity index (χ0v) is 11.0. The van der Waals surface area contributed by atoms with E-state index in [1.807, 2.05) is 18.9 Å². The molecule has 0 unspecified atom stereocenters. The van der Waals surface area contributed by atoms with E-state index in [4.69, 9.17) is 5.73 Å². The number of hydrogen-bond acceptors (Lipinski definition) is 7. The van der Waals surface area contributed by atoms with Gasteiger partial charge >= 0.3 is 0 Å². The van der Waals surface area contributed by atoms with E-state index in [9.17, 15) is 4.79 Å². The third-order valence-corrected chi connectivity index (χ3v) is 3.27. The third kappa shape index (κ3) is 2.65. The van der Waals surface area contributed by atoms with Crippen molar-refractivity contribution in [2.45, 2.75) is 13.5 Å². The van der Waals surface area contributed by atoms with Gasteiger partial charge in [0.2, 0.25) is 5.13 Å². The van der Waals surface area contributed by atoms with Crippen molar-refractivity contribution in [2.75, 3.05) is 24.2 Å². The molecule has 96 valence electrons. The number of nitrogens with two attached hydrogens (primary N) is 1. The average Bonchev–Trinajstić information content (AvgIpc) is 2.76. The van der Waals surface area contributed by atoms with Crippen molar-refractivity contribution >= 4 is 22.2 Å². The zero-order valence-electron chi connectivity index (χ0n) is 10.2. The van der Waals surface area contributed by atoms with Crippen LogP contribution in [0.5, 0.6) is 0 Å². The van der Waals surface area contributed by atoms with Gasteiger partial charge in [-0.15, -0.1) is 10.2 Å². The van der Waals surface area contributed by atoms with Gasteiger partial charge in [0.25, 0.3) is 5.56 Å². The van der Waals surface area contributed by atoms with Gasteiger partial charge in [-0.1, -0.05) is 11.3 Å². The zero-order chi connectivity index (χ0) is 13.1. The van der Waals surface area contributed by atoms with Crippen LogP contribution in [0.15, 0.2) is 17.1 Å². The smallest absolute Gasteiger partial charge is 0.269 e. The molecular formula is C10H14N6OS. The van der Waals surface area contributed by atoms with E-state index in [-0.39, 0.29) is 5.56 Å². The summed E-state index contributed by atoms with van der Waals surface area (Å²) in [5.74, 6) is 0. The Bertz CT molecular complexity index is 592. The maximum absolute atomic E-state index is 11.9. The summed E-state index contributed by atoms with van der Waals surface area (Å²) in [5.41, 5.74) is 6.12. The number of hydrogen-bond donors (Lipinski definition) is 1. The normalized spacial score (nSPS) is 10.6. The highest BCUT2D eigenvalue weighted by Gasteiger charge is 2.06. The summed E-state index contributed by atoms with van der Waals surface area (Å²) in [6.07, 6.45) is 1.66.